The lowest BCUT2D eigenvalue weighted by atomic mass is 10.2. The van der Waals surface area contributed by atoms with Gasteiger partial charge in [0.15, 0.2) is 10.5 Å². The number of hydrazone groups is 1. The Morgan fingerprint density at radius 1 is 1.36 bits per heavy atom. The number of rotatable bonds is 6. The Hall–Kier alpha value is -3.73. The fourth-order valence-corrected chi connectivity index (χ4v) is 2.72. The predicted molar refractivity (Wildman–Crippen MR) is 104 cm³/mol. The van der Waals surface area contributed by atoms with Crippen LogP contribution in [0.25, 0.3) is 11.0 Å². The number of nitro groups is 1. The van der Waals surface area contributed by atoms with E-state index in [0.717, 1.165) is 11.6 Å². The van der Waals surface area contributed by atoms with E-state index in [4.69, 9.17) is 17.0 Å². The molecule has 4 N–H and O–H groups in total. The molecule has 0 unspecified atom stereocenters. The molecule has 0 saturated heterocycles. The third-order valence-electron chi connectivity index (χ3n) is 3.73. The van der Waals surface area contributed by atoms with Crippen LogP contribution in [0.15, 0.2) is 35.4 Å². The average molecular weight is 401 g/mol. The van der Waals surface area contributed by atoms with E-state index in [1.54, 1.807) is 25.1 Å². The van der Waals surface area contributed by atoms with E-state index in [2.05, 4.69) is 20.5 Å². The van der Waals surface area contributed by atoms with Gasteiger partial charge in [-0.3, -0.25) is 14.9 Å². The molecule has 0 aliphatic heterocycles. The first-order chi connectivity index (χ1) is 13.4. The van der Waals surface area contributed by atoms with Crippen molar-refractivity contribution in [1.82, 2.24) is 15.4 Å². The van der Waals surface area contributed by atoms with Crippen molar-refractivity contribution in [1.29, 1.82) is 0 Å². The number of aromatic hydroxyl groups is 1. The van der Waals surface area contributed by atoms with Crippen molar-refractivity contribution in [3.8, 4) is 11.5 Å². The van der Waals surface area contributed by atoms with Gasteiger partial charge in [0.2, 0.25) is 5.75 Å². The summed E-state index contributed by atoms with van der Waals surface area (Å²) in [5.41, 5.74) is 3.89. The molecule has 0 radical (unpaired) electrons. The number of H-pyrrole nitrogens is 2. The zero-order valence-electron chi connectivity index (χ0n) is 14.6. The van der Waals surface area contributed by atoms with Crippen LogP contribution in [0.2, 0.25) is 0 Å². The van der Waals surface area contributed by atoms with Gasteiger partial charge in [-0.1, -0.05) is 0 Å². The van der Waals surface area contributed by atoms with Crippen LogP contribution in [0.5, 0.6) is 11.5 Å². The fraction of sp³-hybridized carbons (Fsp3) is 0.118. The third kappa shape index (κ3) is 3.99. The first-order valence-corrected chi connectivity index (χ1v) is 8.49. The minimum absolute atomic E-state index is 0.0438. The lowest BCUT2D eigenvalue weighted by Gasteiger charge is -2.07. The summed E-state index contributed by atoms with van der Waals surface area (Å²) < 4.78 is 5.64. The van der Waals surface area contributed by atoms with E-state index in [0.29, 0.717) is 15.9 Å². The SMILES string of the molecule is CCOc1cc(/C=N\NC(=O)c2ccc3[nH]c(=S)[nH]c3c2)cc([N+](=O)[O-])c1O. The number of nitro benzene ring substituents is 1. The second-order valence-electron chi connectivity index (χ2n) is 5.62. The van der Waals surface area contributed by atoms with Crippen LogP contribution >= 0.6 is 12.2 Å². The highest BCUT2D eigenvalue weighted by Crippen LogP contribution is 2.36. The summed E-state index contributed by atoms with van der Waals surface area (Å²) in [7, 11) is 0. The number of phenolic OH excluding ortho intramolecular Hbond substituents is 1. The maximum absolute atomic E-state index is 12.2. The van der Waals surface area contributed by atoms with Crippen molar-refractivity contribution >= 4 is 41.1 Å². The molecule has 3 aromatic rings. The number of fused-ring (bicyclic) bond motifs is 1. The normalized spacial score (nSPS) is 11.0. The van der Waals surface area contributed by atoms with Gasteiger partial charge in [0.05, 0.1) is 28.8 Å². The van der Waals surface area contributed by atoms with E-state index in [9.17, 15) is 20.0 Å². The Morgan fingerprint density at radius 3 is 2.82 bits per heavy atom. The summed E-state index contributed by atoms with van der Waals surface area (Å²) >= 11 is 5.00. The monoisotopic (exact) mass is 401 g/mol. The van der Waals surface area contributed by atoms with Crippen molar-refractivity contribution in [3.63, 3.8) is 0 Å². The van der Waals surface area contributed by atoms with Crippen molar-refractivity contribution in [2.75, 3.05) is 6.61 Å². The van der Waals surface area contributed by atoms with Crippen LogP contribution in [-0.4, -0.2) is 38.7 Å². The van der Waals surface area contributed by atoms with Crippen LogP contribution < -0.4 is 10.2 Å². The van der Waals surface area contributed by atoms with Crippen molar-refractivity contribution in [2.45, 2.75) is 6.92 Å². The molecule has 3 rings (SSSR count). The molecule has 0 fully saturated rings. The average Bonchev–Trinajstić information content (AvgIpc) is 3.03. The summed E-state index contributed by atoms with van der Waals surface area (Å²) in [6.45, 7) is 1.90. The molecule has 1 amide bonds. The highest BCUT2D eigenvalue weighted by atomic mass is 32.1. The van der Waals surface area contributed by atoms with Crippen molar-refractivity contribution < 1.29 is 19.6 Å². The van der Waals surface area contributed by atoms with Gasteiger partial charge >= 0.3 is 5.69 Å². The number of hydrogen-bond donors (Lipinski definition) is 4. The largest absolute Gasteiger partial charge is 0.500 e. The molecule has 0 atom stereocenters. The van der Waals surface area contributed by atoms with Crippen molar-refractivity contribution in [3.05, 3.63) is 56.3 Å². The van der Waals surface area contributed by atoms with Crippen LogP contribution in [0.1, 0.15) is 22.8 Å². The van der Waals surface area contributed by atoms with Gasteiger partial charge in [0, 0.05) is 17.2 Å². The summed E-state index contributed by atoms with van der Waals surface area (Å²) in [5.74, 6) is -1.08. The van der Waals surface area contributed by atoms with Crippen LogP contribution in [-0.2, 0) is 0 Å². The van der Waals surface area contributed by atoms with Gasteiger partial charge in [0.25, 0.3) is 5.91 Å². The van der Waals surface area contributed by atoms with Gasteiger partial charge in [-0.05, 0) is 43.4 Å². The molecule has 11 heteroatoms. The highest BCUT2D eigenvalue weighted by Gasteiger charge is 2.19. The van der Waals surface area contributed by atoms with Gasteiger partial charge in [-0.15, -0.1) is 0 Å². The smallest absolute Gasteiger partial charge is 0.315 e. The summed E-state index contributed by atoms with van der Waals surface area (Å²) in [6.07, 6.45) is 1.22. The first-order valence-electron chi connectivity index (χ1n) is 8.08. The van der Waals surface area contributed by atoms with E-state index < -0.39 is 22.3 Å². The molecule has 0 saturated carbocycles. The second-order valence-corrected chi connectivity index (χ2v) is 6.02. The number of nitrogens with zero attached hydrogens (tertiary/aromatic N) is 2. The zero-order chi connectivity index (χ0) is 20.3. The molecule has 0 aliphatic rings. The summed E-state index contributed by atoms with van der Waals surface area (Å²) in [4.78, 5) is 28.4. The number of aromatic amines is 2. The molecular weight excluding hydrogens is 386 g/mol. The number of carbonyl (C=O) groups is 1. The number of ether oxygens (including phenoxy) is 1. The molecule has 10 nitrogen and oxygen atoms in total. The Labute approximate surface area is 163 Å². The van der Waals surface area contributed by atoms with Crippen molar-refractivity contribution in [2.24, 2.45) is 5.10 Å². The minimum atomic E-state index is -0.732. The number of benzene rings is 2. The first kappa shape index (κ1) is 19.0. The Bertz CT molecular complexity index is 1150. The number of phenols is 1. The molecule has 0 spiro atoms. The Balaban J connectivity index is 1.79. The Morgan fingerprint density at radius 2 is 2.11 bits per heavy atom. The Kier molecular flexibility index (Phi) is 5.36. The third-order valence-corrected chi connectivity index (χ3v) is 3.94. The summed E-state index contributed by atoms with van der Waals surface area (Å²) in [5, 5.41) is 24.8. The quantitative estimate of drug-likeness (QED) is 0.216. The van der Waals surface area contributed by atoms with E-state index in [1.807, 2.05) is 0 Å². The predicted octanol–water partition coefficient (Wildman–Crippen LogP) is 3.00. The topological polar surface area (TPSA) is 146 Å². The lowest BCUT2D eigenvalue weighted by molar-refractivity contribution is -0.386. The molecule has 1 heterocycles. The highest BCUT2D eigenvalue weighted by molar-refractivity contribution is 7.71. The molecule has 2 aromatic carbocycles. The van der Waals surface area contributed by atoms with Gasteiger partial charge in [0.1, 0.15) is 0 Å². The number of carbonyl (C=O) groups excluding carboxylic acids is 1. The minimum Gasteiger partial charge on any atom is -0.500 e. The number of hydrogen-bond acceptors (Lipinski definition) is 7. The van der Waals surface area contributed by atoms with E-state index >= 15 is 0 Å². The van der Waals surface area contributed by atoms with Gasteiger partial charge in [-0.25, -0.2) is 5.43 Å². The van der Waals surface area contributed by atoms with Gasteiger partial charge < -0.3 is 19.8 Å². The summed E-state index contributed by atoms with van der Waals surface area (Å²) in [6, 6.07) is 7.43. The maximum Gasteiger partial charge on any atom is 0.315 e. The number of aromatic nitrogens is 2. The standard InChI is InChI=1S/C17H15N5O5S/c1-2-27-14-6-9(5-13(15(14)23)22(25)26)8-18-21-16(24)10-3-4-11-12(7-10)20-17(28)19-11/h3-8,23H,2H2,1H3,(H,21,24)(H2,19,20,28)/b18-8-. The molecule has 1 aromatic heterocycles. The lowest BCUT2D eigenvalue weighted by Crippen LogP contribution is -2.17. The maximum atomic E-state index is 12.2. The van der Waals surface area contributed by atoms with Crippen LogP contribution in [0, 0.1) is 14.9 Å². The molecule has 144 valence electrons. The fourth-order valence-electron chi connectivity index (χ4n) is 2.50. The molecular formula is C17H15N5O5S. The second kappa shape index (κ2) is 7.88. The van der Waals surface area contributed by atoms with Gasteiger partial charge in [-0.2, -0.15) is 5.10 Å². The zero-order valence-corrected chi connectivity index (χ0v) is 15.4. The number of imidazole rings is 1. The van der Waals surface area contributed by atoms with Crippen LogP contribution in [0.4, 0.5) is 5.69 Å². The molecule has 0 aliphatic carbocycles. The van der Waals surface area contributed by atoms with Crippen LogP contribution in [0.3, 0.4) is 0 Å². The van der Waals surface area contributed by atoms with E-state index in [-0.39, 0.29) is 17.9 Å². The van der Waals surface area contributed by atoms with E-state index in [1.165, 1.54) is 12.3 Å². The molecule has 28 heavy (non-hydrogen) atoms. The number of amides is 1. The molecule has 0 bridgehead atoms. The number of nitrogens with one attached hydrogen (secondary N) is 3.